The Balaban J connectivity index is 2.10. The number of pyridine rings is 2. The van der Waals surface area contributed by atoms with Crippen LogP contribution in [0.15, 0.2) is 24.5 Å². The van der Waals surface area contributed by atoms with E-state index < -0.39 is 0 Å². The molecule has 3 aromatic heterocycles. The van der Waals surface area contributed by atoms with Crippen molar-refractivity contribution >= 4 is 32.8 Å². The maximum Gasteiger partial charge on any atom is 0.148 e. The van der Waals surface area contributed by atoms with Gasteiger partial charge in [-0.1, -0.05) is 26.7 Å². The van der Waals surface area contributed by atoms with E-state index in [0.717, 1.165) is 71.4 Å². The molecule has 0 amide bonds. The molecule has 0 atom stereocenters. The molecule has 4 nitrogen and oxygen atoms in total. The summed E-state index contributed by atoms with van der Waals surface area (Å²) in [5.74, 6) is 5.17. The minimum absolute atomic E-state index is 0.389. The molecule has 4 heteroatoms. The zero-order valence-electron chi connectivity index (χ0n) is 17.5. The summed E-state index contributed by atoms with van der Waals surface area (Å²) in [7, 11) is 0. The molecule has 4 rings (SSSR count). The topological polar surface area (TPSA) is 51.6 Å². The molecule has 0 aliphatic heterocycles. The van der Waals surface area contributed by atoms with Crippen molar-refractivity contribution in [3.05, 3.63) is 47.0 Å². The van der Waals surface area contributed by atoms with Gasteiger partial charge in [0.15, 0.2) is 0 Å². The summed E-state index contributed by atoms with van der Waals surface area (Å²) < 4.78 is 0. The maximum absolute atomic E-state index is 5.67. The number of rotatable bonds is 6. The van der Waals surface area contributed by atoms with Crippen LogP contribution in [-0.4, -0.2) is 19.9 Å². The number of benzene rings is 1. The highest BCUT2D eigenvalue weighted by atomic mass is 14.8. The lowest BCUT2D eigenvalue weighted by Crippen LogP contribution is -2.00. The Morgan fingerprint density at radius 3 is 1.50 bits per heavy atom. The Bertz CT molecular complexity index is 1230. The Kier molecular flexibility index (Phi) is 5.59. The lowest BCUT2D eigenvalue weighted by molar-refractivity contribution is 0.793. The molecule has 30 heavy (non-hydrogen) atoms. The number of unbranched alkanes of at least 4 members (excludes halogenated alkanes) is 2. The maximum atomic E-state index is 5.67. The molecule has 4 aromatic rings. The normalized spacial score (nSPS) is 11.1. The summed E-state index contributed by atoms with van der Waals surface area (Å²) in [5.41, 5.74) is 6.26. The van der Waals surface area contributed by atoms with Crippen LogP contribution in [0.3, 0.4) is 0 Å². The van der Waals surface area contributed by atoms with Crippen molar-refractivity contribution in [1.29, 1.82) is 0 Å². The summed E-state index contributed by atoms with van der Waals surface area (Å²) >= 11 is 0. The predicted octanol–water partition coefficient (Wildman–Crippen LogP) is 5.37. The molecule has 3 heterocycles. The van der Waals surface area contributed by atoms with Crippen LogP contribution in [0, 0.1) is 24.7 Å². The standard InChI is InChI=1S/C26H24N4/c1-5-9-11-17-13-19-23(27-15-17)24-20(14-18(16-28-24)12-10-6-2)26-25(19)29-21(7-3)22(8-4)30-26/h3-4,13-16H,5-6,9-12H2,1-2H3. The van der Waals surface area contributed by atoms with Crippen molar-refractivity contribution in [2.75, 3.05) is 0 Å². The third-order valence-corrected chi connectivity index (χ3v) is 5.43. The fraction of sp³-hybridized carbons (Fsp3) is 0.308. The van der Waals surface area contributed by atoms with Gasteiger partial charge < -0.3 is 0 Å². The van der Waals surface area contributed by atoms with Crippen LogP contribution in [0.1, 0.15) is 62.0 Å². The van der Waals surface area contributed by atoms with Gasteiger partial charge in [0.1, 0.15) is 22.4 Å². The van der Waals surface area contributed by atoms with E-state index in [9.17, 15) is 0 Å². The molecule has 0 saturated heterocycles. The molecule has 148 valence electrons. The predicted molar refractivity (Wildman–Crippen MR) is 123 cm³/mol. The number of aryl methyl sites for hydroxylation is 2. The fourth-order valence-corrected chi connectivity index (χ4v) is 3.80. The zero-order chi connectivity index (χ0) is 21.1. The van der Waals surface area contributed by atoms with Crippen LogP contribution < -0.4 is 0 Å². The second-order valence-corrected chi connectivity index (χ2v) is 7.59. The zero-order valence-corrected chi connectivity index (χ0v) is 17.5. The number of nitrogens with zero attached hydrogens (tertiary/aromatic N) is 4. The number of terminal acetylenes is 2. The highest BCUT2D eigenvalue weighted by Gasteiger charge is 2.16. The van der Waals surface area contributed by atoms with Gasteiger partial charge in [0, 0.05) is 23.2 Å². The number of hydrogen-bond acceptors (Lipinski definition) is 4. The number of fused-ring (bicyclic) bond motifs is 6. The Morgan fingerprint density at radius 2 is 1.13 bits per heavy atom. The van der Waals surface area contributed by atoms with Gasteiger partial charge in [-0.25, -0.2) is 9.97 Å². The largest absolute Gasteiger partial charge is 0.254 e. The second-order valence-electron chi connectivity index (χ2n) is 7.59. The van der Waals surface area contributed by atoms with Crippen molar-refractivity contribution in [2.24, 2.45) is 0 Å². The van der Waals surface area contributed by atoms with E-state index in [0.29, 0.717) is 11.4 Å². The number of aromatic nitrogens is 4. The molecule has 0 aliphatic carbocycles. The highest BCUT2D eigenvalue weighted by molar-refractivity contribution is 6.20. The van der Waals surface area contributed by atoms with Gasteiger partial charge in [-0.2, -0.15) is 0 Å². The van der Waals surface area contributed by atoms with Crippen molar-refractivity contribution in [1.82, 2.24) is 19.9 Å². The van der Waals surface area contributed by atoms with Crippen molar-refractivity contribution < 1.29 is 0 Å². The molecule has 0 spiro atoms. The summed E-state index contributed by atoms with van der Waals surface area (Å²) in [6.07, 6.45) is 21.7. The minimum atomic E-state index is 0.389. The van der Waals surface area contributed by atoms with Crippen LogP contribution in [0.4, 0.5) is 0 Å². The van der Waals surface area contributed by atoms with Gasteiger partial charge >= 0.3 is 0 Å². The summed E-state index contributed by atoms with van der Waals surface area (Å²) in [6.45, 7) is 4.37. The summed E-state index contributed by atoms with van der Waals surface area (Å²) in [5, 5.41) is 1.85. The van der Waals surface area contributed by atoms with Crippen molar-refractivity contribution in [2.45, 2.75) is 52.4 Å². The van der Waals surface area contributed by atoms with Crippen molar-refractivity contribution in [3.63, 3.8) is 0 Å². The Labute approximate surface area is 177 Å². The van der Waals surface area contributed by atoms with Crippen LogP contribution in [0.2, 0.25) is 0 Å². The summed E-state index contributed by atoms with van der Waals surface area (Å²) in [6, 6.07) is 4.30. The van der Waals surface area contributed by atoms with Gasteiger partial charge in [-0.05, 0) is 60.8 Å². The molecular formula is C26H24N4. The van der Waals surface area contributed by atoms with Gasteiger partial charge in [0.2, 0.25) is 0 Å². The Morgan fingerprint density at radius 1 is 0.700 bits per heavy atom. The first-order chi connectivity index (χ1) is 14.7. The lowest BCUT2D eigenvalue weighted by atomic mass is 10.0. The van der Waals surface area contributed by atoms with Gasteiger partial charge in [-0.3, -0.25) is 9.97 Å². The molecular weight excluding hydrogens is 368 g/mol. The van der Waals surface area contributed by atoms with E-state index in [1.165, 1.54) is 11.1 Å². The van der Waals surface area contributed by atoms with Crippen LogP contribution in [0.25, 0.3) is 32.8 Å². The van der Waals surface area contributed by atoms with E-state index in [1.807, 2.05) is 12.4 Å². The van der Waals surface area contributed by atoms with E-state index in [-0.39, 0.29) is 0 Å². The monoisotopic (exact) mass is 392 g/mol. The average Bonchev–Trinajstić information content (AvgIpc) is 2.80. The second kappa shape index (κ2) is 8.47. The SMILES string of the molecule is C#Cc1nc2c3cc(CCCC)cnc3c3ncc(CCCC)cc3c2nc1C#C. The number of hydrogen-bond donors (Lipinski definition) is 0. The van der Waals surface area contributed by atoms with Gasteiger partial charge in [0.05, 0.1) is 11.0 Å². The van der Waals surface area contributed by atoms with Crippen LogP contribution in [0.5, 0.6) is 0 Å². The first kappa shape index (κ1) is 19.8. The molecule has 0 bridgehead atoms. The molecule has 0 fully saturated rings. The first-order valence-corrected chi connectivity index (χ1v) is 10.5. The van der Waals surface area contributed by atoms with Crippen LogP contribution >= 0.6 is 0 Å². The summed E-state index contributed by atoms with van der Waals surface area (Å²) in [4.78, 5) is 19.1. The van der Waals surface area contributed by atoms with Crippen LogP contribution in [-0.2, 0) is 12.8 Å². The highest BCUT2D eigenvalue weighted by Crippen LogP contribution is 2.32. The van der Waals surface area contributed by atoms with E-state index in [1.54, 1.807) is 0 Å². The fourth-order valence-electron chi connectivity index (χ4n) is 3.80. The van der Waals surface area contributed by atoms with Gasteiger partial charge in [0.25, 0.3) is 0 Å². The lowest BCUT2D eigenvalue weighted by Gasteiger charge is -2.11. The van der Waals surface area contributed by atoms with Gasteiger partial charge in [-0.15, -0.1) is 12.8 Å². The first-order valence-electron chi connectivity index (χ1n) is 10.5. The molecule has 0 saturated carbocycles. The average molecular weight is 393 g/mol. The Hall–Kier alpha value is -3.50. The van der Waals surface area contributed by atoms with Crippen molar-refractivity contribution in [3.8, 4) is 24.7 Å². The minimum Gasteiger partial charge on any atom is -0.254 e. The molecule has 0 N–H and O–H groups in total. The quantitative estimate of drug-likeness (QED) is 0.327. The molecule has 0 aliphatic rings. The smallest absolute Gasteiger partial charge is 0.148 e. The molecule has 0 unspecified atom stereocenters. The van der Waals surface area contributed by atoms with E-state index in [4.69, 9.17) is 32.8 Å². The third kappa shape index (κ3) is 3.46. The van der Waals surface area contributed by atoms with E-state index >= 15 is 0 Å². The molecule has 0 radical (unpaired) electrons. The third-order valence-electron chi connectivity index (χ3n) is 5.43. The van der Waals surface area contributed by atoms with E-state index in [2.05, 4.69) is 37.8 Å². The molecule has 1 aromatic carbocycles.